The molecule has 0 aliphatic heterocycles. The molecule has 0 aromatic heterocycles. The van der Waals surface area contributed by atoms with Gasteiger partial charge < -0.3 is 9.84 Å². The van der Waals surface area contributed by atoms with Crippen molar-refractivity contribution in [1.29, 1.82) is 5.26 Å². The summed E-state index contributed by atoms with van der Waals surface area (Å²) < 4.78 is 28.6. The van der Waals surface area contributed by atoms with Crippen molar-refractivity contribution in [1.82, 2.24) is 0 Å². The van der Waals surface area contributed by atoms with E-state index in [-0.39, 0.29) is 22.0 Å². The standard InChI is InChI=1S/C10H6BrF2NO3/c11-3-7-6(9(15)16)2-1-5(4-14)8(7)17-10(12)13/h1-2,10H,3H2,(H,15,16). The summed E-state index contributed by atoms with van der Waals surface area (Å²) in [5, 5.41) is 17.6. The molecule has 0 saturated heterocycles. The summed E-state index contributed by atoms with van der Waals surface area (Å²) in [6.45, 7) is -3.12. The number of hydrogen-bond donors (Lipinski definition) is 1. The van der Waals surface area contributed by atoms with Crippen molar-refractivity contribution in [2.24, 2.45) is 0 Å². The molecule has 0 fully saturated rings. The fourth-order valence-electron chi connectivity index (χ4n) is 1.27. The van der Waals surface area contributed by atoms with E-state index in [9.17, 15) is 13.6 Å². The predicted molar refractivity (Wildman–Crippen MR) is 57.4 cm³/mol. The zero-order valence-corrected chi connectivity index (χ0v) is 9.87. The summed E-state index contributed by atoms with van der Waals surface area (Å²) in [5.74, 6) is -1.68. The summed E-state index contributed by atoms with van der Waals surface area (Å²) in [5.41, 5.74) is -0.307. The molecule has 0 heterocycles. The minimum Gasteiger partial charge on any atom is -0.478 e. The first-order chi connectivity index (χ1) is 8.01. The Morgan fingerprint density at radius 2 is 2.24 bits per heavy atom. The molecular formula is C10H6BrF2NO3. The third-order valence-electron chi connectivity index (χ3n) is 1.95. The number of carboxylic acids is 1. The number of benzene rings is 1. The van der Waals surface area contributed by atoms with Gasteiger partial charge in [0.1, 0.15) is 11.8 Å². The van der Waals surface area contributed by atoms with Gasteiger partial charge in [-0.3, -0.25) is 0 Å². The number of alkyl halides is 3. The van der Waals surface area contributed by atoms with Crippen LogP contribution in [0.5, 0.6) is 5.75 Å². The molecule has 7 heteroatoms. The molecule has 1 aromatic rings. The molecule has 0 aliphatic rings. The van der Waals surface area contributed by atoms with Crippen LogP contribution >= 0.6 is 15.9 Å². The van der Waals surface area contributed by atoms with Gasteiger partial charge in [-0.05, 0) is 12.1 Å². The van der Waals surface area contributed by atoms with Gasteiger partial charge in [-0.15, -0.1) is 0 Å². The average molecular weight is 306 g/mol. The van der Waals surface area contributed by atoms with Gasteiger partial charge in [0.05, 0.1) is 11.1 Å². The number of carbonyl (C=O) groups is 1. The second-order valence-corrected chi connectivity index (χ2v) is 3.46. The van der Waals surface area contributed by atoms with E-state index >= 15 is 0 Å². The number of hydrogen-bond acceptors (Lipinski definition) is 3. The molecule has 0 spiro atoms. The first kappa shape index (κ1) is 13.4. The quantitative estimate of drug-likeness (QED) is 0.868. The number of aromatic carboxylic acids is 1. The minimum atomic E-state index is -3.12. The Morgan fingerprint density at radius 1 is 1.59 bits per heavy atom. The number of carboxylic acid groups (broad SMARTS) is 1. The lowest BCUT2D eigenvalue weighted by atomic mass is 10.0. The van der Waals surface area contributed by atoms with Crippen LogP contribution in [0.1, 0.15) is 21.5 Å². The normalized spacial score (nSPS) is 10.1. The van der Waals surface area contributed by atoms with Crippen LogP contribution in [0.15, 0.2) is 12.1 Å². The highest BCUT2D eigenvalue weighted by Crippen LogP contribution is 2.30. The lowest BCUT2D eigenvalue weighted by Crippen LogP contribution is -2.10. The van der Waals surface area contributed by atoms with Gasteiger partial charge >= 0.3 is 12.6 Å². The molecule has 1 rings (SSSR count). The van der Waals surface area contributed by atoms with E-state index in [1.54, 1.807) is 6.07 Å². The monoisotopic (exact) mass is 305 g/mol. The van der Waals surface area contributed by atoms with Gasteiger partial charge in [0.2, 0.25) is 0 Å². The van der Waals surface area contributed by atoms with Crippen LogP contribution in [-0.4, -0.2) is 17.7 Å². The zero-order chi connectivity index (χ0) is 13.0. The molecule has 90 valence electrons. The largest absolute Gasteiger partial charge is 0.478 e. The van der Waals surface area contributed by atoms with Crippen molar-refractivity contribution in [2.75, 3.05) is 0 Å². The number of rotatable bonds is 4. The van der Waals surface area contributed by atoms with Crippen LogP contribution in [0, 0.1) is 11.3 Å². The number of ether oxygens (including phenoxy) is 1. The Labute approximate surface area is 104 Å². The van der Waals surface area contributed by atoms with Crippen molar-refractivity contribution in [3.63, 3.8) is 0 Å². The van der Waals surface area contributed by atoms with E-state index < -0.39 is 18.3 Å². The maximum atomic E-state index is 12.2. The Kier molecular flexibility index (Phi) is 4.40. The number of nitrogens with zero attached hydrogens (tertiary/aromatic N) is 1. The minimum absolute atomic E-state index is 0.00773. The van der Waals surface area contributed by atoms with E-state index in [0.29, 0.717) is 0 Å². The highest BCUT2D eigenvalue weighted by molar-refractivity contribution is 9.08. The molecule has 0 radical (unpaired) electrons. The maximum absolute atomic E-state index is 12.2. The Bertz CT molecular complexity index is 485. The van der Waals surface area contributed by atoms with Crippen LogP contribution in [0.4, 0.5) is 8.78 Å². The first-order valence-corrected chi connectivity index (χ1v) is 5.43. The number of nitriles is 1. The maximum Gasteiger partial charge on any atom is 0.387 e. The Morgan fingerprint density at radius 3 is 2.65 bits per heavy atom. The summed E-state index contributed by atoms with van der Waals surface area (Å²) in [7, 11) is 0. The highest BCUT2D eigenvalue weighted by atomic mass is 79.9. The second kappa shape index (κ2) is 5.59. The summed E-state index contributed by atoms with van der Waals surface area (Å²) in [4.78, 5) is 10.9. The van der Waals surface area contributed by atoms with E-state index in [2.05, 4.69) is 20.7 Å². The van der Waals surface area contributed by atoms with Crippen LogP contribution in [-0.2, 0) is 5.33 Å². The molecule has 0 bridgehead atoms. The fraction of sp³-hybridized carbons (Fsp3) is 0.200. The third kappa shape index (κ3) is 2.91. The molecule has 1 aromatic carbocycles. The van der Waals surface area contributed by atoms with Crippen LogP contribution in [0.3, 0.4) is 0 Å². The summed E-state index contributed by atoms with van der Waals surface area (Å²) >= 11 is 2.98. The van der Waals surface area contributed by atoms with Gasteiger partial charge in [-0.25, -0.2) is 4.79 Å². The van der Waals surface area contributed by atoms with Gasteiger partial charge in [0.15, 0.2) is 0 Å². The molecule has 0 atom stereocenters. The molecule has 0 amide bonds. The second-order valence-electron chi connectivity index (χ2n) is 2.90. The van der Waals surface area contributed by atoms with Gasteiger partial charge in [0.25, 0.3) is 0 Å². The Balaban J connectivity index is 3.44. The smallest absolute Gasteiger partial charge is 0.387 e. The first-order valence-electron chi connectivity index (χ1n) is 4.31. The lowest BCUT2D eigenvalue weighted by Gasteiger charge is -2.12. The fourth-order valence-corrected chi connectivity index (χ4v) is 1.83. The highest BCUT2D eigenvalue weighted by Gasteiger charge is 2.20. The van der Waals surface area contributed by atoms with Gasteiger partial charge in [0, 0.05) is 10.9 Å². The zero-order valence-electron chi connectivity index (χ0n) is 8.28. The van der Waals surface area contributed by atoms with Gasteiger partial charge in [-0.1, -0.05) is 15.9 Å². The molecular weight excluding hydrogens is 300 g/mol. The summed E-state index contributed by atoms with van der Waals surface area (Å²) in [6, 6.07) is 3.98. The topological polar surface area (TPSA) is 70.3 Å². The van der Waals surface area contributed by atoms with Crippen LogP contribution in [0.25, 0.3) is 0 Å². The summed E-state index contributed by atoms with van der Waals surface area (Å²) in [6.07, 6.45) is 0. The third-order valence-corrected chi connectivity index (χ3v) is 2.51. The van der Waals surface area contributed by atoms with Crippen molar-refractivity contribution in [2.45, 2.75) is 11.9 Å². The lowest BCUT2D eigenvalue weighted by molar-refractivity contribution is -0.0505. The van der Waals surface area contributed by atoms with Crippen molar-refractivity contribution < 1.29 is 23.4 Å². The molecule has 4 nitrogen and oxygen atoms in total. The van der Waals surface area contributed by atoms with E-state index in [4.69, 9.17) is 10.4 Å². The molecule has 0 unspecified atom stereocenters. The Hall–Kier alpha value is -1.68. The van der Waals surface area contributed by atoms with E-state index in [1.807, 2.05) is 0 Å². The van der Waals surface area contributed by atoms with E-state index in [1.165, 1.54) is 6.07 Å². The van der Waals surface area contributed by atoms with Crippen molar-refractivity contribution in [3.8, 4) is 11.8 Å². The molecule has 0 saturated carbocycles. The van der Waals surface area contributed by atoms with Gasteiger partial charge in [-0.2, -0.15) is 14.0 Å². The van der Waals surface area contributed by atoms with Crippen LogP contribution < -0.4 is 4.74 Å². The van der Waals surface area contributed by atoms with Crippen molar-refractivity contribution >= 4 is 21.9 Å². The molecule has 0 aliphatic carbocycles. The van der Waals surface area contributed by atoms with E-state index in [0.717, 1.165) is 6.07 Å². The van der Waals surface area contributed by atoms with Crippen molar-refractivity contribution in [3.05, 3.63) is 28.8 Å². The predicted octanol–water partition coefficient (Wildman–Crippen LogP) is 2.75. The average Bonchev–Trinajstić information content (AvgIpc) is 2.27. The SMILES string of the molecule is N#Cc1ccc(C(=O)O)c(CBr)c1OC(F)F. The molecule has 17 heavy (non-hydrogen) atoms. The number of halogens is 3. The van der Waals surface area contributed by atoms with Crippen LogP contribution in [0.2, 0.25) is 0 Å². The molecule has 1 N–H and O–H groups in total.